The molecule has 108 valence electrons. The van der Waals surface area contributed by atoms with Crippen LogP contribution in [0.5, 0.6) is 0 Å². The van der Waals surface area contributed by atoms with Gasteiger partial charge in [-0.05, 0) is 13.1 Å². The van der Waals surface area contributed by atoms with Gasteiger partial charge in [-0.25, -0.2) is 0 Å². The molecule has 6 heteroatoms. The predicted octanol–water partition coefficient (Wildman–Crippen LogP) is 0.366. The van der Waals surface area contributed by atoms with Gasteiger partial charge in [-0.15, -0.1) is 12.6 Å². The van der Waals surface area contributed by atoms with Crippen LogP contribution in [0.1, 0.15) is 13.8 Å². The molecule has 0 aliphatic rings. The zero-order valence-electron chi connectivity index (χ0n) is 11.8. The van der Waals surface area contributed by atoms with E-state index in [0.29, 0.717) is 25.4 Å². The van der Waals surface area contributed by atoms with Crippen molar-refractivity contribution >= 4 is 18.3 Å². The second-order valence-corrected chi connectivity index (χ2v) is 4.86. The molecular weight excluding hydrogens is 264 g/mol. The third-order valence-corrected chi connectivity index (χ3v) is 3.67. The van der Waals surface area contributed by atoms with Gasteiger partial charge in [0.05, 0.1) is 18.1 Å². The zero-order chi connectivity index (χ0) is 14.4. The molecule has 0 unspecified atom stereocenters. The first kappa shape index (κ1) is 16.2. The molecular formula is C13H22N2O3S. The van der Waals surface area contributed by atoms with Crippen LogP contribution in [-0.4, -0.2) is 51.3 Å². The maximum atomic E-state index is 11.3. The lowest BCUT2D eigenvalue weighted by atomic mass is 10.2. The number of nitrogens with zero attached hydrogens (tertiary/aromatic N) is 2. The van der Waals surface area contributed by atoms with Crippen LogP contribution in [0.15, 0.2) is 14.5 Å². The fourth-order valence-corrected chi connectivity index (χ4v) is 2.24. The summed E-state index contributed by atoms with van der Waals surface area (Å²) in [5.41, 5.74) is -0.538. The molecule has 19 heavy (non-hydrogen) atoms. The van der Waals surface area contributed by atoms with E-state index in [2.05, 4.69) is 31.4 Å². The SMILES string of the molecule is CCN(CC)CCOCCN(C)c1c(S)c(=O)c1=O. The first-order chi connectivity index (χ1) is 9.02. The Bertz CT molecular complexity index is 464. The summed E-state index contributed by atoms with van der Waals surface area (Å²) in [6.07, 6.45) is 0. The minimum atomic E-state index is -0.493. The van der Waals surface area contributed by atoms with Crippen LogP contribution in [0, 0.1) is 0 Å². The molecule has 0 aliphatic heterocycles. The average Bonchev–Trinajstić information content (AvgIpc) is 2.42. The minimum absolute atomic E-state index is 0.260. The van der Waals surface area contributed by atoms with E-state index in [0.717, 1.165) is 19.6 Å². The highest BCUT2D eigenvalue weighted by Crippen LogP contribution is 2.15. The summed E-state index contributed by atoms with van der Waals surface area (Å²) in [4.78, 5) is 26.6. The standard InChI is InChI=1S/C13H22N2O3S/c1-4-15(5-2)7-9-18-8-6-14(3)10-11(16)12(17)13(10)19/h19H,4-9H2,1-3H3. The topological polar surface area (TPSA) is 49.9 Å². The van der Waals surface area contributed by atoms with Crippen molar-refractivity contribution in [2.75, 3.05) is 51.3 Å². The van der Waals surface area contributed by atoms with Crippen molar-refractivity contribution in [3.8, 4) is 0 Å². The van der Waals surface area contributed by atoms with E-state index >= 15 is 0 Å². The molecule has 5 nitrogen and oxygen atoms in total. The van der Waals surface area contributed by atoms with Gasteiger partial charge in [0.15, 0.2) is 0 Å². The molecule has 0 aromatic heterocycles. The molecule has 0 saturated carbocycles. The Labute approximate surface area is 119 Å². The van der Waals surface area contributed by atoms with Gasteiger partial charge in [0, 0.05) is 20.1 Å². The molecule has 0 spiro atoms. The second kappa shape index (κ2) is 7.67. The maximum absolute atomic E-state index is 11.3. The molecule has 0 bridgehead atoms. The number of anilines is 1. The third-order valence-electron chi connectivity index (χ3n) is 3.26. The quantitative estimate of drug-likeness (QED) is 0.404. The van der Waals surface area contributed by atoms with Crippen molar-refractivity contribution in [1.82, 2.24) is 4.90 Å². The van der Waals surface area contributed by atoms with Crippen LogP contribution in [0.25, 0.3) is 0 Å². The Hall–Kier alpha value is -0.850. The van der Waals surface area contributed by atoms with Crippen molar-refractivity contribution in [1.29, 1.82) is 0 Å². The van der Waals surface area contributed by atoms with E-state index in [1.807, 2.05) is 0 Å². The van der Waals surface area contributed by atoms with Crippen molar-refractivity contribution in [3.05, 3.63) is 20.4 Å². The average molecular weight is 286 g/mol. The van der Waals surface area contributed by atoms with Crippen LogP contribution in [0.4, 0.5) is 5.69 Å². The van der Waals surface area contributed by atoms with Gasteiger partial charge >= 0.3 is 0 Å². The summed E-state index contributed by atoms with van der Waals surface area (Å²) in [5, 5.41) is 0. The van der Waals surface area contributed by atoms with Gasteiger partial charge in [0.1, 0.15) is 5.69 Å². The van der Waals surface area contributed by atoms with Gasteiger partial charge in [0.2, 0.25) is 5.43 Å². The van der Waals surface area contributed by atoms with Crippen molar-refractivity contribution in [2.24, 2.45) is 0 Å². The van der Waals surface area contributed by atoms with E-state index in [9.17, 15) is 9.59 Å². The number of rotatable bonds is 9. The van der Waals surface area contributed by atoms with Crippen molar-refractivity contribution < 1.29 is 4.74 Å². The Morgan fingerprint density at radius 3 is 2.16 bits per heavy atom. The predicted molar refractivity (Wildman–Crippen MR) is 80.5 cm³/mol. The molecule has 0 N–H and O–H groups in total. The first-order valence-electron chi connectivity index (χ1n) is 6.56. The molecule has 1 aromatic carbocycles. The highest BCUT2D eigenvalue weighted by atomic mass is 32.1. The van der Waals surface area contributed by atoms with Gasteiger partial charge in [0.25, 0.3) is 5.43 Å². The fraction of sp³-hybridized carbons (Fsp3) is 0.692. The van der Waals surface area contributed by atoms with Crippen LogP contribution >= 0.6 is 12.6 Å². The Morgan fingerprint density at radius 1 is 1.05 bits per heavy atom. The largest absolute Gasteiger partial charge is 0.378 e. The monoisotopic (exact) mass is 286 g/mol. The Balaban J connectivity index is 2.24. The highest BCUT2D eigenvalue weighted by Gasteiger charge is 2.20. The maximum Gasteiger partial charge on any atom is 0.251 e. The normalized spacial score (nSPS) is 11.4. The van der Waals surface area contributed by atoms with Crippen LogP contribution in [0.2, 0.25) is 0 Å². The van der Waals surface area contributed by atoms with E-state index in [1.165, 1.54) is 0 Å². The van der Waals surface area contributed by atoms with E-state index in [1.54, 1.807) is 11.9 Å². The fourth-order valence-electron chi connectivity index (χ4n) is 1.87. The van der Waals surface area contributed by atoms with Crippen molar-refractivity contribution in [2.45, 2.75) is 18.7 Å². The molecule has 0 radical (unpaired) electrons. The molecule has 0 atom stereocenters. The summed E-state index contributed by atoms with van der Waals surface area (Å²) in [6.45, 7) is 8.98. The summed E-state index contributed by atoms with van der Waals surface area (Å²) < 4.78 is 5.53. The third kappa shape index (κ3) is 4.06. The van der Waals surface area contributed by atoms with E-state index in [-0.39, 0.29) is 4.90 Å². The van der Waals surface area contributed by atoms with Crippen molar-refractivity contribution in [3.63, 3.8) is 0 Å². The lowest BCUT2D eigenvalue weighted by Crippen LogP contribution is -2.41. The molecule has 0 fully saturated rings. The number of hydrogen-bond acceptors (Lipinski definition) is 6. The number of thiol groups is 1. The van der Waals surface area contributed by atoms with Crippen LogP contribution < -0.4 is 15.8 Å². The Kier molecular flexibility index (Phi) is 6.54. The molecule has 1 aromatic rings. The summed E-state index contributed by atoms with van der Waals surface area (Å²) in [6, 6.07) is 0. The molecule has 0 heterocycles. The van der Waals surface area contributed by atoms with E-state index in [4.69, 9.17) is 4.74 Å². The smallest absolute Gasteiger partial charge is 0.251 e. The van der Waals surface area contributed by atoms with Gasteiger partial charge in [-0.2, -0.15) is 0 Å². The lowest BCUT2D eigenvalue weighted by molar-refractivity contribution is 0.112. The lowest BCUT2D eigenvalue weighted by Gasteiger charge is -2.22. The van der Waals surface area contributed by atoms with Crippen LogP contribution in [-0.2, 0) is 4.74 Å². The highest BCUT2D eigenvalue weighted by molar-refractivity contribution is 7.80. The zero-order valence-corrected chi connectivity index (χ0v) is 12.7. The second-order valence-electron chi connectivity index (χ2n) is 4.42. The van der Waals surface area contributed by atoms with Gasteiger partial charge in [-0.1, -0.05) is 13.8 Å². The van der Waals surface area contributed by atoms with E-state index < -0.39 is 10.9 Å². The van der Waals surface area contributed by atoms with Gasteiger partial charge < -0.3 is 14.5 Å². The summed E-state index contributed by atoms with van der Waals surface area (Å²) >= 11 is 4.01. The number of likely N-dealkylation sites (N-methyl/N-ethyl adjacent to an activating group) is 2. The molecule has 0 saturated heterocycles. The first-order valence-corrected chi connectivity index (χ1v) is 7.01. The molecule has 0 aliphatic carbocycles. The van der Waals surface area contributed by atoms with Crippen LogP contribution in [0.3, 0.4) is 0 Å². The Morgan fingerprint density at radius 2 is 1.63 bits per heavy atom. The number of hydrogen-bond donors (Lipinski definition) is 1. The number of ether oxygens (including phenoxy) is 1. The minimum Gasteiger partial charge on any atom is -0.378 e. The molecule has 0 amide bonds. The summed E-state index contributed by atoms with van der Waals surface area (Å²) in [5.74, 6) is 0. The molecule has 1 rings (SSSR count). The van der Waals surface area contributed by atoms with Gasteiger partial charge in [-0.3, -0.25) is 9.59 Å². The summed E-state index contributed by atoms with van der Waals surface area (Å²) in [7, 11) is 1.77.